The van der Waals surface area contributed by atoms with E-state index in [9.17, 15) is 4.79 Å². The number of fused-ring (bicyclic) bond motifs is 1. The van der Waals surface area contributed by atoms with Gasteiger partial charge >= 0.3 is 0 Å². The fourth-order valence-corrected chi connectivity index (χ4v) is 4.95. The molecule has 0 spiro atoms. The maximum atomic E-state index is 13.5. The Balaban J connectivity index is 1.37. The minimum Gasteiger partial charge on any atom is -0.489 e. The summed E-state index contributed by atoms with van der Waals surface area (Å²) >= 11 is 0. The summed E-state index contributed by atoms with van der Waals surface area (Å²) in [5.74, 6) is 1.38. The summed E-state index contributed by atoms with van der Waals surface area (Å²) in [5, 5.41) is 0. The van der Waals surface area contributed by atoms with Crippen LogP contribution in [0.4, 0.5) is 0 Å². The molecule has 1 saturated carbocycles. The zero-order chi connectivity index (χ0) is 21.8. The van der Waals surface area contributed by atoms with E-state index in [1.54, 1.807) is 0 Å². The van der Waals surface area contributed by atoms with Crippen molar-refractivity contribution in [3.05, 3.63) is 101 Å². The van der Waals surface area contributed by atoms with Gasteiger partial charge in [-0.05, 0) is 66.5 Å². The number of carbonyl (C=O) groups is 1. The number of amides is 1. The number of hydrogen-bond donors (Lipinski definition) is 0. The Bertz CT molecular complexity index is 1060. The molecule has 164 valence electrons. The Labute approximate surface area is 191 Å². The Kier molecular flexibility index (Phi) is 6.24. The smallest absolute Gasteiger partial charge is 0.226 e. The molecule has 32 heavy (non-hydrogen) atoms. The second-order valence-corrected chi connectivity index (χ2v) is 9.12. The quantitative estimate of drug-likeness (QED) is 0.434. The van der Waals surface area contributed by atoms with Gasteiger partial charge in [-0.1, -0.05) is 73.2 Å². The average molecular weight is 426 g/mol. The molecule has 2 aliphatic rings. The van der Waals surface area contributed by atoms with E-state index < -0.39 is 0 Å². The van der Waals surface area contributed by atoms with Crippen molar-refractivity contribution in [3.8, 4) is 5.75 Å². The Morgan fingerprint density at radius 1 is 0.844 bits per heavy atom. The van der Waals surface area contributed by atoms with E-state index in [0.717, 1.165) is 49.0 Å². The molecule has 0 N–H and O–H groups in total. The van der Waals surface area contributed by atoms with Gasteiger partial charge in [-0.15, -0.1) is 0 Å². The lowest BCUT2D eigenvalue weighted by atomic mass is 9.82. The second-order valence-electron chi connectivity index (χ2n) is 9.12. The number of aryl methyl sites for hydroxylation is 1. The van der Waals surface area contributed by atoms with Crippen molar-refractivity contribution < 1.29 is 9.53 Å². The maximum absolute atomic E-state index is 13.5. The summed E-state index contributed by atoms with van der Waals surface area (Å²) in [5.41, 5.74) is 5.02. The molecule has 0 saturated heterocycles. The first kappa shape index (κ1) is 20.8. The molecule has 0 radical (unpaired) electrons. The van der Waals surface area contributed by atoms with E-state index in [2.05, 4.69) is 53.4 Å². The van der Waals surface area contributed by atoms with E-state index in [0.29, 0.717) is 19.1 Å². The zero-order valence-corrected chi connectivity index (χ0v) is 18.6. The molecule has 3 aromatic carbocycles. The van der Waals surface area contributed by atoms with Crippen LogP contribution >= 0.6 is 0 Å². The predicted molar refractivity (Wildman–Crippen MR) is 127 cm³/mol. The first-order valence-electron chi connectivity index (χ1n) is 11.9. The fraction of sp³-hybridized carbons (Fsp3) is 0.345. The first-order chi connectivity index (χ1) is 15.8. The lowest BCUT2D eigenvalue weighted by molar-refractivity contribution is -0.142. The van der Waals surface area contributed by atoms with Gasteiger partial charge in [0, 0.05) is 12.5 Å². The molecule has 2 aliphatic carbocycles. The molecule has 3 nitrogen and oxygen atoms in total. The SMILES string of the molecule is O=C(C1CCC1)N(Cc1cccc(OCc2ccccc2)c1)C1CCCc2ccccc21. The van der Waals surface area contributed by atoms with E-state index >= 15 is 0 Å². The Hall–Kier alpha value is -3.07. The highest BCUT2D eigenvalue weighted by Crippen LogP contribution is 2.38. The van der Waals surface area contributed by atoms with Gasteiger partial charge in [0.05, 0.1) is 6.04 Å². The molecule has 0 aromatic heterocycles. The van der Waals surface area contributed by atoms with Crippen molar-refractivity contribution in [1.29, 1.82) is 0 Å². The van der Waals surface area contributed by atoms with Crippen LogP contribution in [-0.2, 0) is 24.4 Å². The molecule has 0 bridgehead atoms. The standard InChI is InChI=1S/C29H31NO2/c31-29(25-14-7-15-25)30(28-18-8-13-24-12-4-5-17-27(24)28)20-23-11-6-16-26(19-23)32-21-22-9-2-1-3-10-22/h1-6,9-12,16-17,19,25,28H,7-8,13-15,18,20-21H2. The molecular weight excluding hydrogens is 394 g/mol. The van der Waals surface area contributed by atoms with Crippen LogP contribution in [0, 0.1) is 5.92 Å². The van der Waals surface area contributed by atoms with Crippen LogP contribution in [0.5, 0.6) is 5.75 Å². The van der Waals surface area contributed by atoms with Crippen LogP contribution in [0.25, 0.3) is 0 Å². The summed E-state index contributed by atoms with van der Waals surface area (Å²) in [6, 6.07) is 27.3. The van der Waals surface area contributed by atoms with Crippen molar-refractivity contribution in [2.75, 3.05) is 0 Å². The van der Waals surface area contributed by atoms with Crippen molar-refractivity contribution in [1.82, 2.24) is 4.90 Å². The molecule has 3 aromatic rings. The Morgan fingerprint density at radius 2 is 1.62 bits per heavy atom. The van der Waals surface area contributed by atoms with Crippen molar-refractivity contribution >= 4 is 5.91 Å². The van der Waals surface area contributed by atoms with Crippen molar-refractivity contribution in [2.24, 2.45) is 5.92 Å². The third kappa shape index (κ3) is 4.57. The number of ether oxygens (including phenoxy) is 1. The van der Waals surface area contributed by atoms with E-state index in [-0.39, 0.29) is 12.0 Å². The minimum absolute atomic E-state index is 0.168. The van der Waals surface area contributed by atoms with Gasteiger partial charge in [-0.2, -0.15) is 0 Å². The highest BCUT2D eigenvalue weighted by molar-refractivity contribution is 5.80. The number of hydrogen-bond acceptors (Lipinski definition) is 2. The molecule has 5 rings (SSSR count). The predicted octanol–water partition coefficient (Wildman–Crippen LogP) is 6.47. The van der Waals surface area contributed by atoms with Gasteiger partial charge < -0.3 is 9.64 Å². The summed E-state index contributed by atoms with van der Waals surface area (Å²) < 4.78 is 6.05. The number of carbonyl (C=O) groups excluding carboxylic acids is 1. The lowest BCUT2D eigenvalue weighted by Gasteiger charge is -2.40. The average Bonchev–Trinajstić information content (AvgIpc) is 2.81. The van der Waals surface area contributed by atoms with Crippen molar-refractivity contribution in [2.45, 2.75) is 57.7 Å². The van der Waals surface area contributed by atoms with Gasteiger partial charge in [0.1, 0.15) is 12.4 Å². The van der Waals surface area contributed by atoms with Crippen LogP contribution in [0.1, 0.15) is 60.4 Å². The highest BCUT2D eigenvalue weighted by Gasteiger charge is 2.35. The topological polar surface area (TPSA) is 29.5 Å². The van der Waals surface area contributed by atoms with Crippen LogP contribution < -0.4 is 4.74 Å². The molecule has 1 atom stereocenters. The molecule has 0 aliphatic heterocycles. The second kappa shape index (κ2) is 9.60. The van der Waals surface area contributed by atoms with Crippen LogP contribution in [-0.4, -0.2) is 10.8 Å². The monoisotopic (exact) mass is 425 g/mol. The molecule has 1 fully saturated rings. The van der Waals surface area contributed by atoms with E-state index in [1.165, 1.54) is 17.5 Å². The van der Waals surface area contributed by atoms with Crippen LogP contribution in [0.2, 0.25) is 0 Å². The zero-order valence-electron chi connectivity index (χ0n) is 18.6. The summed E-state index contributed by atoms with van der Waals surface area (Å²) in [7, 11) is 0. The van der Waals surface area contributed by atoms with Gasteiger partial charge in [0.2, 0.25) is 5.91 Å². The third-order valence-corrected chi connectivity index (χ3v) is 6.95. The number of nitrogens with zero attached hydrogens (tertiary/aromatic N) is 1. The number of benzene rings is 3. The summed E-state index contributed by atoms with van der Waals surface area (Å²) in [6.45, 7) is 1.18. The fourth-order valence-electron chi connectivity index (χ4n) is 4.95. The normalized spacial score (nSPS) is 17.8. The number of rotatable bonds is 7. The van der Waals surface area contributed by atoms with E-state index in [1.807, 2.05) is 30.3 Å². The summed E-state index contributed by atoms with van der Waals surface area (Å²) in [4.78, 5) is 15.7. The molecule has 1 amide bonds. The molecular formula is C29H31NO2. The highest BCUT2D eigenvalue weighted by atomic mass is 16.5. The van der Waals surface area contributed by atoms with Crippen molar-refractivity contribution in [3.63, 3.8) is 0 Å². The molecule has 3 heteroatoms. The maximum Gasteiger partial charge on any atom is 0.226 e. The van der Waals surface area contributed by atoms with Gasteiger partial charge in [0.25, 0.3) is 0 Å². The summed E-state index contributed by atoms with van der Waals surface area (Å²) in [6.07, 6.45) is 6.53. The van der Waals surface area contributed by atoms with Gasteiger partial charge in [-0.25, -0.2) is 0 Å². The van der Waals surface area contributed by atoms with Gasteiger partial charge in [0.15, 0.2) is 0 Å². The lowest BCUT2D eigenvalue weighted by Crippen LogP contribution is -2.41. The first-order valence-corrected chi connectivity index (χ1v) is 11.9. The van der Waals surface area contributed by atoms with Crippen LogP contribution in [0.15, 0.2) is 78.9 Å². The van der Waals surface area contributed by atoms with Crippen LogP contribution in [0.3, 0.4) is 0 Å². The molecule has 1 unspecified atom stereocenters. The Morgan fingerprint density at radius 3 is 2.44 bits per heavy atom. The third-order valence-electron chi connectivity index (χ3n) is 6.95. The van der Waals surface area contributed by atoms with Gasteiger partial charge in [-0.3, -0.25) is 4.79 Å². The van der Waals surface area contributed by atoms with E-state index in [4.69, 9.17) is 4.74 Å². The minimum atomic E-state index is 0.168. The largest absolute Gasteiger partial charge is 0.489 e. The molecule has 0 heterocycles.